The molecule has 0 aromatic heterocycles. The summed E-state index contributed by atoms with van der Waals surface area (Å²) in [5, 5.41) is 9.83. The fourth-order valence-electron chi connectivity index (χ4n) is 3.31. The Bertz CT molecular complexity index is 781. The maximum absolute atomic E-state index is 14.7. The highest BCUT2D eigenvalue weighted by molar-refractivity contribution is 6.04. The lowest BCUT2D eigenvalue weighted by molar-refractivity contribution is -0.140. The number of β-amino-alcohol motifs (C(OH)–C–C–N with tert-alkyl or cyclic N) is 1. The van der Waals surface area contributed by atoms with Crippen molar-refractivity contribution in [3.05, 3.63) is 35.3 Å². The van der Waals surface area contributed by atoms with Gasteiger partial charge in [-0.3, -0.25) is 0 Å². The Balaban J connectivity index is 2.13. The molecule has 2 aliphatic heterocycles. The van der Waals surface area contributed by atoms with Crippen molar-refractivity contribution < 1.29 is 33.3 Å². The quantitative estimate of drug-likeness (QED) is 0.767. The Labute approximate surface area is 155 Å². The van der Waals surface area contributed by atoms with Crippen molar-refractivity contribution in [3.63, 3.8) is 0 Å². The molecule has 0 saturated carbocycles. The van der Waals surface area contributed by atoms with E-state index in [2.05, 4.69) is 0 Å². The number of anilines is 2. The first kappa shape index (κ1) is 19.1. The van der Waals surface area contributed by atoms with Crippen LogP contribution in [0.3, 0.4) is 0 Å². The van der Waals surface area contributed by atoms with Crippen LogP contribution in [0.25, 0.3) is 0 Å². The average molecular weight is 380 g/mol. The molecule has 0 amide bonds. The molecule has 3 rings (SSSR count). The number of carbonyl (C=O) groups is 2. The van der Waals surface area contributed by atoms with Crippen LogP contribution in [0, 0.1) is 5.82 Å². The fourth-order valence-corrected chi connectivity index (χ4v) is 3.31. The molecular formula is C18H21FN2O6. The molecule has 0 radical (unpaired) electrons. The van der Waals surface area contributed by atoms with Gasteiger partial charge in [0.2, 0.25) is 0 Å². The van der Waals surface area contributed by atoms with Gasteiger partial charge in [-0.15, -0.1) is 0 Å². The highest BCUT2D eigenvalue weighted by Gasteiger charge is 2.35. The molecule has 9 heteroatoms. The lowest BCUT2D eigenvalue weighted by Gasteiger charge is -2.34. The topological polar surface area (TPSA) is 88.5 Å². The van der Waals surface area contributed by atoms with Crippen molar-refractivity contribution >= 4 is 23.3 Å². The minimum Gasteiger partial charge on any atom is -0.466 e. The Morgan fingerprint density at radius 3 is 2.63 bits per heavy atom. The van der Waals surface area contributed by atoms with E-state index < -0.39 is 23.9 Å². The summed E-state index contributed by atoms with van der Waals surface area (Å²) in [7, 11) is 2.39. The molecule has 1 fully saturated rings. The van der Waals surface area contributed by atoms with Crippen molar-refractivity contribution in [2.45, 2.75) is 12.5 Å². The van der Waals surface area contributed by atoms with Crippen LogP contribution in [-0.2, 0) is 23.8 Å². The second-order valence-corrected chi connectivity index (χ2v) is 6.21. The van der Waals surface area contributed by atoms with Crippen molar-refractivity contribution in [2.75, 3.05) is 50.4 Å². The molecule has 2 aliphatic rings. The van der Waals surface area contributed by atoms with Crippen molar-refractivity contribution in [2.24, 2.45) is 0 Å². The van der Waals surface area contributed by atoms with Gasteiger partial charge in [-0.2, -0.15) is 0 Å². The van der Waals surface area contributed by atoms with E-state index in [1.807, 2.05) is 0 Å². The molecule has 1 saturated heterocycles. The highest BCUT2D eigenvalue weighted by atomic mass is 19.1. The fraction of sp³-hybridized carbons (Fsp3) is 0.444. The van der Waals surface area contributed by atoms with Crippen LogP contribution in [0.2, 0.25) is 0 Å². The minimum atomic E-state index is -0.754. The van der Waals surface area contributed by atoms with Crippen LogP contribution in [0.15, 0.2) is 29.5 Å². The molecule has 146 valence electrons. The van der Waals surface area contributed by atoms with Gasteiger partial charge in [0, 0.05) is 13.1 Å². The zero-order chi connectivity index (χ0) is 19.6. The molecule has 1 atom stereocenters. The Morgan fingerprint density at radius 2 is 2.00 bits per heavy atom. The molecule has 1 aromatic carbocycles. The molecule has 0 bridgehead atoms. The summed E-state index contributed by atoms with van der Waals surface area (Å²) in [4.78, 5) is 27.6. The van der Waals surface area contributed by atoms with Gasteiger partial charge in [0.15, 0.2) is 0 Å². The van der Waals surface area contributed by atoms with Crippen LogP contribution in [-0.4, -0.2) is 63.8 Å². The van der Waals surface area contributed by atoms with Gasteiger partial charge in [-0.05, 0) is 18.6 Å². The zero-order valence-corrected chi connectivity index (χ0v) is 15.1. The maximum Gasteiger partial charge on any atom is 0.355 e. The third-order valence-corrected chi connectivity index (χ3v) is 4.57. The van der Waals surface area contributed by atoms with Gasteiger partial charge in [0.1, 0.15) is 18.2 Å². The normalized spacial score (nSPS) is 20.1. The number of ether oxygens (including phenoxy) is 3. The van der Waals surface area contributed by atoms with E-state index in [1.54, 1.807) is 11.0 Å². The number of esters is 2. The predicted octanol–water partition coefficient (Wildman–Crippen LogP) is 0.791. The van der Waals surface area contributed by atoms with E-state index in [4.69, 9.17) is 14.2 Å². The number of benzene rings is 1. The second kappa shape index (κ2) is 7.93. The summed E-state index contributed by atoms with van der Waals surface area (Å²) in [6, 6.07) is 4.43. The second-order valence-electron chi connectivity index (χ2n) is 6.21. The lowest BCUT2D eigenvalue weighted by Crippen LogP contribution is -2.39. The largest absolute Gasteiger partial charge is 0.466 e. The van der Waals surface area contributed by atoms with Crippen LogP contribution < -0.4 is 9.80 Å². The Morgan fingerprint density at radius 1 is 1.26 bits per heavy atom. The first-order valence-corrected chi connectivity index (χ1v) is 8.44. The number of halogens is 1. The number of para-hydroxylation sites is 1. The van der Waals surface area contributed by atoms with Crippen molar-refractivity contribution in [1.29, 1.82) is 0 Å². The molecule has 27 heavy (non-hydrogen) atoms. The van der Waals surface area contributed by atoms with E-state index in [9.17, 15) is 19.1 Å². The third-order valence-electron chi connectivity index (χ3n) is 4.57. The van der Waals surface area contributed by atoms with Crippen LogP contribution >= 0.6 is 0 Å². The average Bonchev–Trinajstić information content (AvgIpc) is 3.11. The predicted molar refractivity (Wildman–Crippen MR) is 93.6 cm³/mol. The maximum atomic E-state index is 14.7. The van der Waals surface area contributed by atoms with Gasteiger partial charge in [0.25, 0.3) is 0 Å². The van der Waals surface area contributed by atoms with Gasteiger partial charge >= 0.3 is 11.9 Å². The third kappa shape index (κ3) is 3.60. The molecule has 2 heterocycles. The molecule has 1 N–H and O–H groups in total. The van der Waals surface area contributed by atoms with Crippen LogP contribution in [0.5, 0.6) is 0 Å². The number of hydrogen-bond donors (Lipinski definition) is 1. The summed E-state index contributed by atoms with van der Waals surface area (Å²) in [6.45, 7) is 0.535. The Kier molecular flexibility index (Phi) is 5.62. The SMILES string of the molecule is COC(=O)C1=C(C(=O)OC)N(c2cccc(F)c2N2CCC(O)C2)COC1. The van der Waals surface area contributed by atoms with Crippen molar-refractivity contribution in [1.82, 2.24) is 0 Å². The molecule has 0 aliphatic carbocycles. The molecule has 1 aromatic rings. The number of aliphatic hydroxyl groups excluding tert-OH is 1. The zero-order valence-electron chi connectivity index (χ0n) is 15.1. The monoisotopic (exact) mass is 380 g/mol. The number of aliphatic hydroxyl groups is 1. The summed E-state index contributed by atoms with van der Waals surface area (Å²) in [6.07, 6.45) is -0.0477. The van der Waals surface area contributed by atoms with Gasteiger partial charge in [-0.1, -0.05) is 6.07 Å². The van der Waals surface area contributed by atoms with E-state index in [0.717, 1.165) is 0 Å². The molecule has 8 nitrogen and oxygen atoms in total. The summed E-state index contributed by atoms with van der Waals surface area (Å²) < 4.78 is 29.7. The smallest absolute Gasteiger partial charge is 0.355 e. The highest BCUT2D eigenvalue weighted by Crippen LogP contribution is 2.38. The first-order chi connectivity index (χ1) is 13.0. The van der Waals surface area contributed by atoms with Crippen molar-refractivity contribution in [3.8, 4) is 0 Å². The van der Waals surface area contributed by atoms with E-state index >= 15 is 0 Å². The molecule has 0 spiro atoms. The lowest BCUT2D eigenvalue weighted by atomic mass is 10.1. The van der Waals surface area contributed by atoms with E-state index in [-0.39, 0.29) is 36.8 Å². The van der Waals surface area contributed by atoms with Crippen LogP contribution in [0.1, 0.15) is 6.42 Å². The molecular weight excluding hydrogens is 359 g/mol. The van der Waals surface area contributed by atoms with Crippen LogP contribution in [0.4, 0.5) is 15.8 Å². The number of rotatable bonds is 4. The first-order valence-electron chi connectivity index (χ1n) is 8.44. The summed E-state index contributed by atoms with van der Waals surface area (Å²) >= 11 is 0. The minimum absolute atomic E-state index is 0.00716. The number of methoxy groups -OCH3 is 2. The van der Waals surface area contributed by atoms with E-state index in [1.165, 1.54) is 31.3 Å². The number of carbonyl (C=O) groups excluding carboxylic acids is 2. The summed E-state index contributed by atoms with van der Waals surface area (Å²) in [5.74, 6) is -1.99. The summed E-state index contributed by atoms with van der Waals surface area (Å²) in [5.41, 5.74) is 0.505. The van der Waals surface area contributed by atoms with Gasteiger partial charge in [-0.25, -0.2) is 14.0 Å². The molecule has 1 unspecified atom stereocenters. The standard InChI is InChI=1S/C18H21FN2O6/c1-25-17(23)12-9-27-10-21(15(12)18(24)26-2)14-5-3-4-13(19)16(14)20-7-6-11(22)8-20/h3-5,11,22H,6-10H2,1-2H3. The number of hydrogen-bond acceptors (Lipinski definition) is 8. The van der Waals surface area contributed by atoms with Gasteiger partial charge in [0.05, 0.1) is 43.9 Å². The van der Waals surface area contributed by atoms with E-state index in [0.29, 0.717) is 18.7 Å². The van der Waals surface area contributed by atoms with Gasteiger partial charge < -0.3 is 29.1 Å². The number of nitrogens with zero attached hydrogens (tertiary/aromatic N) is 2. The Hall–Kier alpha value is -2.65.